The fourth-order valence-corrected chi connectivity index (χ4v) is 3.35. The Morgan fingerprint density at radius 1 is 1.39 bits per heavy atom. The summed E-state index contributed by atoms with van der Waals surface area (Å²) in [5.41, 5.74) is 1.12. The number of alkyl halides is 1. The number of benzene rings is 1. The Balaban J connectivity index is 2.22. The first-order chi connectivity index (χ1) is 8.72. The highest BCUT2D eigenvalue weighted by Gasteiger charge is 2.23. The van der Waals surface area contributed by atoms with Crippen molar-refractivity contribution in [3.8, 4) is 0 Å². The van der Waals surface area contributed by atoms with Crippen molar-refractivity contribution < 1.29 is 4.39 Å². The van der Waals surface area contributed by atoms with Crippen LogP contribution in [-0.2, 0) is 0 Å². The predicted molar refractivity (Wildman–Crippen MR) is 76.9 cm³/mol. The molecule has 0 radical (unpaired) electrons. The molecule has 1 heterocycles. The first kappa shape index (κ1) is 14.3. The molecule has 1 N–H and O–H groups in total. The zero-order valence-corrected chi connectivity index (χ0v) is 12.5. The Hall–Kier alpha value is -0.160. The van der Waals surface area contributed by atoms with Crippen molar-refractivity contribution in [2.24, 2.45) is 0 Å². The van der Waals surface area contributed by atoms with E-state index in [1.165, 1.54) is 0 Å². The van der Waals surface area contributed by atoms with Crippen LogP contribution < -0.4 is 5.32 Å². The summed E-state index contributed by atoms with van der Waals surface area (Å²) in [6.45, 7) is 3.55. The van der Waals surface area contributed by atoms with Crippen molar-refractivity contribution in [2.45, 2.75) is 12.5 Å². The Morgan fingerprint density at radius 3 is 2.72 bits per heavy atom. The quantitative estimate of drug-likeness (QED) is 0.907. The van der Waals surface area contributed by atoms with Gasteiger partial charge in [0.05, 0.1) is 6.67 Å². The molecular weight excluding hydrogens is 319 g/mol. The lowest BCUT2D eigenvalue weighted by molar-refractivity contribution is 0.157. The fourth-order valence-electron chi connectivity index (χ4n) is 2.40. The van der Waals surface area contributed by atoms with E-state index in [2.05, 4.69) is 26.1 Å². The molecule has 1 fully saturated rings. The second-order valence-electron chi connectivity index (χ2n) is 4.45. The molecule has 0 bridgehead atoms. The molecule has 1 aromatic carbocycles. The Bertz CT molecular complexity index is 397. The number of nitrogens with one attached hydrogen (secondary N) is 1. The van der Waals surface area contributed by atoms with Crippen LogP contribution in [0.2, 0.25) is 5.02 Å². The Morgan fingerprint density at radius 2 is 2.11 bits per heavy atom. The Kier molecular flexibility index (Phi) is 5.42. The van der Waals surface area contributed by atoms with Gasteiger partial charge in [-0.05, 0) is 24.1 Å². The van der Waals surface area contributed by atoms with Crippen LogP contribution in [0, 0.1) is 0 Å². The van der Waals surface area contributed by atoms with Crippen LogP contribution in [0.25, 0.3) is 0 Å². The van der Waals surface area contributed by atoms with E-state index < -0.39 is 0 Å². The smallest absolute Gasteiger partial charge is 0.0912 e. The maximum Gasteiger partial charge on any atom is 0.0912 e. The van der Waals surface area contributed by atoms with E-state index in [-0.39, 0.29) is 12.7 Å². The Labute approximate surface area is 121 Å². The minimum atomic E-state index is -0.302. The number of nitrogens with zero attached hydrogens (tertiary/aromatic N) is 1. The van der Waals surface area contributed by atoms with Crippen molar-refractivity contribution in [1.29, 1.82) is 0 Å². The van der Waals surface area contributed by atoms with Crippen LogP contribution in [-0.4, -0.2) is 37.8 Å². The molecule has 1 saturated heterocycles. The molecule has 100 valence electrons. The maximum absolute atomic E-state index is 12.8. The van der Waals surface area contributed by atoms with Gasteiger partial charge in [0.25, 0.3) is 0 Å². The van der Waals surface area contributed by atoms with Crippen LogP contribution in [0.1, 0.15) is 18.0 Å². The van der Waals surface area contributed by atoms with Crippen molar-refractivity contribution >= 4 is 27.5 Å². The van der Waals surface area contributed by atoms with Gasteiger partial charge in [-0.2, -0.15) is 0 Å². The summed E-state index contributed by atoms with van der Waals surface area (Å²) in [5, 5.41) is 4.02. The molecular formula is C13H17BrClFN2. The largest absolute Gasteiger partial charge is 0.314 e. The first-order valence-electron chi connectivity index (χ1n) is 6.18. The van der Waals surface area contributed by atoms with Gasteiger partial charge in [0.15, 0.2) is 0 Å². The molecule has 1 atom stereocenters. The highest BCUT2D eigenvalue weighted by molar-refractivity contribution is 9.10. The summed E-state index contributed by atoms with van der Waals surface area (Å²) in [5.74, 6) is 0. The third-order valence-corrected chi connectivity index (χ3v) is 4.22. The summed E-state index contributed by atoms with van der Waals surface area (Å²) in [6.07, 6.45) is 0.528. The van der Waals surface area contributed by atoms with Gasteiger partial charge in [-0.3, -0.25) is 9.29 Å². The minimum Gasteiger partial charge on any atom is -0.314 e. The van der Waals surface area contributed by atoms with Gasteiger partial charge in [0.2, 0.25) is 0 Å². The van der Waals surface area contributed by atoms with E-state index in [1.54, 1.807) is 0 Å². The zero-order chi connectivity index (χ0) is 13.0. The van der Waals surface area contributed by atoms with E-state index in [1.807, 2.05) is 18.2 Å². The predicted octanol–water partition coefficient (Wildman–Crippen LogP) is 3.41. The molecule has 2 nitrogen and oxygen atoms in total. The van der Waals surface area contributed by atoms with Crippen molar-refractivity contribution in [1.82, 2.24) is 10.2 Å². The van der Waals surface area contributed by atoms with Gasteiger partial charge in [0.1, 0.15) is 0 Å². The lowest BCUT2D eigenvalue weighted by atomic mass is 10.0. The fraction of sp³-hybridized carbons (Fsp3) is 0.538. The maximum atomic E-state index is 12.8. The molecule has 0 amide bonds. The van der Waals surface area contributed by atoms with Crippen LogP contribution >= 0.6 is 27.5 Å². The van der Waals surface area contributed by atoms with Gasteiger partial charge >= 0.3 is 0 Å². The summed E-state index contributed by atoms with van der Waals surface area (Å²) < 4.78 is 13.8. The second-order valence-corrected chi connectivity index (χ2v) is 5.74. The number of piperazine rings is 1. The summed E-state index contributed by atoms with van der Waals surface area (Å²) in [7, 11) is 0. The summed E-state index contributed by atoms with van der Waals surface area (Å²) >= 11 is 9.49. The summed E-state index contributed by atoms with van der Waals surface area (Å²) in [4.78, 5) is 2.34. The number of halogens is 3. The highest BCUT2D eigenvalue weighted by atomic mass is 79.9. The number of hydrogen-bond donors (Lipinski definition) is 1. The molecule has 1 aliphatic heterocycles. The molecule has 2 rings (SSSR count). The van der Waals surface area contributed by atoms with E-state index in [0.29, 0.717) is 11.4 Å². The summed E-state index contributed by atoms with van der Waals surface area (Å²) in [6, 6.07) is 5.87. The van der Waals surface area contributed by atoms with Crippen molar-refractivity contribution in [2.75, 3.05) is 32.9 Å². The number of hydrogen-bond acceptors (Lipinski definition) is 2. The molecule has 0 spiro atoms. The SMILES string of the molecule is FCC[C@H](c1ccc(Cl)cc1Br)N1CCNCC1. The van der Waals surface area contributed by atoms with E-state index in [0.717, 1.165) is 36.2 Å². The van der Waals surface area contributed by atoms with Crippen LogP contribution in [0.15, 0.2) is 22.7 Å². The zero-order valence-electron chi connectivity index (χ0n) is 10.1. The standard InChI is InChI=1S/C13H17BrClFN2/c14-12-9-10(15)1-2-11(12)13(3-4-16)18-7-5-17-6-8-18/h1-2,9,13,17H,3-8H2/t13-/m1/s1. The van der Waals surface area contributed by atoms with E-state index >= 15 is 0 Å². The normalized spacial score (nSPS) is 18.8. The van der Waals surface area contributed by atoms with Gasteiger partial charge < -0.3 is 5.32 Å². The monoisotopic (exact) mass is 334 g/mol. The minimum absolute atomic E-state index is 0.128. The molecule has 0 aliphatic carbocycles. The molecule has 5 heteroatoms. The molecule has 1 aromatic rings. The third-order valence-electron chi connectivity index (χ3n) is 3.30. The van der Waals surface area contributed by atoms with Gasteiger partial charge in [-0.1, -0.05) is 33.6 Å². The lowest BCUT2D eigenvalue weighted by Gasteiger charge is -2.35. The second kappa shape index (κ2) is 6.85. The average molecular weight is 336 g/mol. The van der Waals surface area contributed by atoms with Gasteiger partial charge in [-0.25, -0.2) is 0 Å². The molecule has 0 aromatic heterocycles. The molecule has 1 aliphatic rings. The molecule has 0 saturated carbocycles. The van der Waals surface area contributed by atoms with Crippen LogP contribution in [0.4, 0.5) is 4.39 Å². The lowest BCUT2D eigenvalue weighted by Crippen LogP contribution is -2.45. The first-order valence-corrected chi connectivity index (χ1v) is 7.35. The highest BCUT2D eigenvalue weighted by Crippen LogP contribution is 2.32. The van der Waals surface area contributed by atoms with Crippen LogP contribution in [0.5, 0.6) is 0 Å². The van der Waals surface area contributed by atoms with Gasteiger partial charge in [-0.15, -0.1) is 0 Å². The third kappa shape index (κ3) is 3.44. The van der Waals surface area contributed by atoms with Crippen LogP contribution in [0.3, 0.4) is 0 Å². The average Bonchev–Trinajstić information content (AvgIpc) is 2.38. The topological polar surface area (TPSA) is 15.3 Å². The van der Waals surface area contributed by atoms with E-state index in [4.69, 9.17) is 11.6 Å². The number of rotatable bonds is 4. The van der Waals surface area contributed by atoms with Gasteiger partial charge in [0, 0.05) is 41.7 Å². The molecule has 18 heavy (non-hydrogen) atoms. The molecule has 0 unspecified atom stereocenters. The van der Waals surface area contributed by atoms with Crippen molar-refractivity contribution in [3.63, 3.8) is 0 Å². The van der Waals surface area contributed by atoms with E-state index in [9.17, 15) is 4.39 Å². The van der Waals surface area contributed by atoms with Crippen molar-refractivity contribution in [3.05, 3.63) is 33.3 Å².